The van der Waals surface area contributed by atoms with Crippen LogP contribution in [0.2, 0.25) is 0 Å². The van der Waals surface area contributed by atoms with Gasteiger partial charge < -0.3 is 15.2 Å². The molecule has 80 valence electrons. The minimum atomic E-state index is -0.209. The monoisotopic (exact) mass is 198 g/mol. The first-order valence-corrected chi connectivity index (χ1v) is 5.18. The molecule has 2 fully saturated rings. The third-order valence-electron chi connectivity index (χ3n) is 3.05. The molecule has 2 aliphatic rings. The van der Waals surface area contributed by atoms with Crippen molar-refractivity contribution in [1.29, 1.82) is 0 Å². The smallest absolute Gasteiger partial charge is 0.113 e. The molecule has 0 bridgehead atoms. The van der Waals surface area contributed by atoms with E-state index in [1.54, 1.807) is 7.11 Å². The zero-order valence-corrected chi connectivity index (χ0v) is 8.66. The molecule has 0 radical (unpaired) electrons. The van der Waals surface area contributed by atoms with Crippen LogP contribution in [0.25, 0.3) is 0 Å². The molecule has 14 heavy (non-hydrogen) atoms. The number of ether oxygens (including phenoxy) is 2. The van der Waals surface area contributed by atoms with Gasteiger partial charge in [0.25, 0.3) is 0 Å². The lowest BCUT2D eigenvalue weighted by molar-refractivity contribution is -0.00904. The number of aliphatic imine (C=N–C) groups is 1. The van der Waals surface area contributed by atoms with Gasteiger partial charge in [-0.3, -0.25) is 4.99 Å². The van der Waals surface area contributed by atoms with Crippen LogP contribution in [-0.4, -0.2) is 38.3 Å². The fourth-order valence-electron chi connectivity index (χ4n) is 1.68. The molecule has 1 heterocycles. The van der Waals surface area contributed by atoms with Crippen LogP contribution in [0.4, 0.5) is 0 Å². The first kappa shape index (κ1) is 9.93. The summed E-state index contributed by atoms with van der Waals surface area (Å²) in [4.78, 5) is 4.40. The van der Waals surface area contributed by atoms with E-state index >= 15 is 0 Å². The largest absolute Gasteiger partial charge is 0.387 e. The molecule has 2 N–H and O–H groups in total. The Bertz CT molecular complexity index is 230. The summed E-state index contributed by atoms with van der Waals surface area (Å²) in [6.07, 6.45) is 3.32. The van der Waals surface area contributed by atoms with Gasteiger partial charge in [0.05, 0.1) is 19.0 Å². The Kier molecular flexibility index (Phi) is 2.74. The summed E-state index contributed by atoms with van der Waals surface area (Å²) in [5, 5.41) is 0. The fourth-order valence-corrected chi connectivity index (χ4v) is 1.68. The van der Waals surface area contributed by atoms with Crippen LogP contribution in [-0.2, 0) is 9.47 Å². The van der Waals surface area contributed by atoms with Crippen LogP contribution in [0.1, 0.15) is 19.3 Å². The lowest BCUT2D eigenvalue weighted by Crippen LogP contribution is -2.36. The molecule has 1 saturated carbocycles. The quantitative estimate of drug-likeness (QED) is 0.530. The van der Waals surface area contributed by atoms with Crippen molar-refractivity contribution in [2.45, 2.75) is 24.9 Å². The third kappa shape index (κ3) is 2.07. The Morgan fingerprint density at radius 1 is 1.64 bits per heavy atom. The number of rotatable bonds is 4. The van der Waals surface area contributed by atoms with Gasteiger partial charge >= 0.3 is 0 Å². The van der Waals surface area contributed by atoms with Crippen LogP contribution in [0.5, 0.6) is 0 Å². The van der Waals surface area contributed by atoms with Gasteiger partial charge in [-0.1, -0.05) is 0 Å². The number of hydrogen-bond donors (Lipinski definition) is 1. The van der Waals surface area contributed by atoms with E-state index in [0.29, 0.717) is 19.1 Å². The SMILES string of the molecule is COC1(CN=C(N)C2CC2)CCOC1. The number of methoxy groups -OCH3 is 1. The normalized spacial score (nSPS) is 33.6. The van der Waals surface area contributed by atoms with Crippen molar-refractivity contribution >= 4 is 5.84 Å². The van der Waals surface area contributed by atoms with E-state index < -0.39 is 0 Å². The van der Waals surface area contributed by atoms with Gasteiger partial charge in [-0.2, -0.15) is 0 Å². The molecule has 0 aromatic heterocycles. The van der Waals surface area contributed by atoms with Gasteiger partial charge in [-0.15, -0.1) is 0 Å². The fraction of sp³-hybridized carbons (Fsp3) is 0.900. The molecule has 4 heteroatoms. The van der Waals surface area contributed by atoms with Crippen molar-refractivity contribution in [1.82, 2.24) is 0 Å². The van der Waals surface area contributed by atoms with Crippen LogP contribution < -0.4 is 5.73 Å². The van der Waals surface area contributed by atoms with E-state index in [-0.39, 0.29) is 5.60 Å². The van der Waals surface area contributed by atoms with Crippen molar-refractivity contribution in [2.75, 3.05) is 26.9 Å². The molecule has 0 amide bonds. The van der Waals surface area contributed by atoms with Crippen molar-refractivity contribution in [2.24, 2.45) is 16.6 Å². The molecule has 0 spiro atoms. The molecule has 4 nitrogen and oxygen atoms in total. The highest BCUT2D eigenvalue weighted by molar-refractivity contribution is 5.84. The molecule has 1 saturated heterocycles. The van der Waals surface area contributed by atoms with E-state index in [4.69, 9.17) is 15.2 Å². The van der Waals surface area contributed by atoms with Gasteiger partial charge in [0, 0.05) is 26.1 Å². The summed E-state index contributed by atoms with van der Waals surface area (Å²) in [7, 11) is 1.72. The maximum Gasteiger partial charge on any atom is 0.113 e. The number of hydrogen-bond acceptors (Lipinski definition) is 3. The van der Waals surface area contributed by atoms with E-state index in [0.717, 1.165) is 18.9 Å². The molecular weight excluding hydrogens is 180 g/mol. The molecule has 1 aliphatic heterocycles. The Morgan fingerprint density at radius 2 is 2.43 bits per heavy atom. The lowest BCUT2D eigenvalue weighted by atomic mass is 10.0. The zero-order chi connectivity index (χ0) is 10.0. The molecular formula is C10H18N2O2. The molecule has 2 rings (SSSR count). The van der Waals surface area contributed by atoms with Crippen LogP contribution >= 0.6 is 0 Å². The first-order chi connectivity index (χ1) is 6.76. The summed E-state index contributed by atoms with van der Waals surface area (Å²) in [6.45, 7) is 2.06. The van der Waals surface area contributed by atoms with Gasteiger partial charge in [0.15, 0.2) is 0 Å². The van der Waals surface area contributed by atoms with Crippen LogP contribution in [0.15, 0.2) is 4.99 Å². The molecule has 0 aromatic rings. The van der Waals surface area contributed by atoms with Gasteiger partial charge in [-0.25, -0.2) is 0 Å². The Morgan fingerprint density at radius 3 is 2.93 bits per heavy atom. The van der Waals surface area contributed by atoms with E-state index in [1.165, 1.54) is 12.8 Å². The first-order valence-electron chi connectivity index (χ1n) is 5.18. The third-order valence-corrected chi connectivity index (χ3v) is 3.05. The van der Waals surface area contributed by atoms with Crippen molar-refractivity contribution in [3.8, 4) is 0 Å². The highest BCUT2D eigenvalue weighted by atomic mass is 16.5. The highest BCUT2D eigenvalue weighted by Gasteiger charge is 2.35. The average molecular weight is 198 g/mol. The summed E-state index contributed by atoms with van der Waals surface area (Å²) < 4.78 is 10.8. The van der Waals surface area contributed by atoms with Gasteiger partial charge in [0.2, 0.25) is 0 Å². The summed E-state index contributed by atoms with van der Waals surface area (Å²) >= 11 is 0. The second-order valence-corrected chi connectivity index (χ2v) is 4.21. The average Bonchev–Trinajstić information content (AvgIpc) is 2.95. The zero-order valence-electron chi connectivity index (χ0n) is 8.66. The van der Waals surface area contributed by atoms with Crippen molar-refractivity contribution in [3.63, 3.8) is 0 Å². The summed E-state index contributed by atoms with van der Waals surface area (Å²) in [6, 6.07) is 0. The maximum absolute atomic E-state index is 5.82. The second-order valence-electron chi connectivity index (χ2n) is 4.21. The summed E-state index contributed by atoms with van der Waals surface area (Å²) in [5.74, 6) is 1.35. The van der Waals surface area contributed by atoms with Crippen molar-refractivity contribution in [3.05, 3.63) is 0 Å². The van der Waals surface area contributed by atoms with Crippen molar-refractivity contribution < 1.29 is 9.47 Å². The van der Waals surface area contributed by atoms with Gasteiger partial charge in [-0.05, 0) is 12.8 Å². The van der Waals surface area contributed by atoms with Gasteiger partial charge in [0.1, 0.15) is 5.60 Å². The molecule has 1 atom stereocenters. The number of amidine groups is 1. The minimum absolute atomic E-state index is 0.209. The predicted molar refractivity (Wildman–Crippen MR) is 54.4 cm³/mol. The topological polar surface area (TPSA) is 56.8 Å². The summed E-state index contributed by atoms with van der Waals surface area (Å²) in [5.41, 5.74) is 5.62. The van der Waals surface area contributed by atoms with E-state index in [1.807, 2.05) is 0 Å². The Labute approximate surface area is 84.5 Å². The van der Waals surface area contributed by atoms with E-state index in [2.05, 4.69) is 4.99 Å². The predicted octanol–water partition coefficient (Wildman–Crippen LogP) is 0.559. The number of nitrogens with zero attached hydrogens (tertiary/aromatic N) is 1. The van der Waals surface area contributed by atoms with E-state index in [9.17, 15) is 0 Å². The molecule has 0 aromatic carbocycles. The number of nitrogens with two attached hydrogens (primary N) is 1. The lowest BCUT2D eigenvalue weighted by Gasteiger charge is -2.23. The second kappa shape index (κ2) is 3.87. The van der Waals surface area contributed by atoms with Crippen LogP contribution in [0.3, 0.4) is 0 Å². The Balaban J connectivity index is 1.90. The Hall–Kier alpha value is -0.610. The maximum atomic E-state index is 5.82. The standard InChI is InChI=1S/C10H18N2O2/c1-13-10(4-5-14-7-10)6-12-9(11)8-2-3-8/h8H,2-7H2,1H3,(H2,11,12). The molecule has 1 aliphatic carbocycles. The molecule has 1 unspecified atom stereocenters. The van der Waals surface area contributed by atoms with Crippen LogP contribution in [0, 0.1) is 5.92 Å². The highest BCUT2D eigenvalue weighted by Crippen LogP contribution is 2.29. The minimum Gasteiger partial charge on any atom is -0.387 e.